The number of methoxy groups -OCH3 is 1. The number of nitrogens with zero attached hydrogens (tertiary/aromatic N) is 1. The first-order chi connectivity index (χ1) is 11.0. The fourth-order valence-corrected chi connectivity index (χ4v) is 2.69. The van der Waals surface area contributed by atoms with Gasteiger partial charge in [-0.1, -0.05) is 0 Å². The smallest absolute Gasteiger partial charge is 0.269 e. The van der Waals surface area contributed by atoms with Gasteiger partial charge < -0.3 is 14.8 Å². The van der Waals surface area contributed by atoms with Crippen molar-refractivity contribution < 1.29 is 14.4 Å². The molecule has 0 aliphatic rings. The summed E-state index contributed by atoms with van der Waals surface area (Å²) in [7, 11) is 3.46. The molecule has 0 radical (unpaired) electrons. The minimum atomic E-state index is -0.426. The predicted octanol–water partition coefficient (Wildman–Crippen LogP) is 3.66. The molecule has 2 aromatic carbocycles. The lowest BCUT2D eigenvalue weighted by Crippen LogP contribution is -2.06. The average molecular weight is 381 g/mol. The quantitative estimate of drug-likeness (QED) is 0.585. The van der Waals surface area contributed by atoms with Crippen molar-refractivity contribution in [3.05, 3.63) is 62.1 Å². The SMILES string of the molecule is CNCc1cc(Br)c(OCc2ccc([N+](=O)[O-])cc2)c(OC)c1. The molecule has 2 aromatic rings. The molecule has 23 heavy (non-hydrogen) atoms. The van der Waals surface area contributed by atoms with Gasteiger partial charge in [-0.3, -0.25) is 10.1 Å². The maximum atomic E-state index is 10.7. The monoisotopic (exact) mass is 380 g/mol. The highest BCUT2D eigenvalue weighted by atomic mass is 79.9. The van der Waals surface area contributed by atoms with Crippen LogP contribution in [0.25, 0.3) is 0 Å². The van der Waals surface area contributed by atoms with E-state index in [0.29, 0.717) is 18.1 Å². The highest BCUT2D eigenvalue weighted by Gasteiger charge is 2.12. The fraction of sp³-hybridized carbons (Fsp3) is 0.250. The minimum absolute atomic E-state index is 0.0592. The first kappa shape index (κ1) is 17.2. The Labute approximate surface area is 142 Å². The number of rotatable bonds is 7. The van der Waals surface area contributed by atoms with E-state index in [1.54, 1.807) is 19.2 Å². The van der Waals surface area contributed by atoms with Gasteiger partial charge in [-0.05, 0) is 58.4 Å². The lowest BCUT2D eigenvalue weighted by atomic mass is 10.2. The summed E-state index contributed by atoms with van der Waals surface area (Å²) in [5.74, 6) is 1.23. The van der Waals surface area contributed by atoms with Gasteiger partial charge in [0, 0.05) is 18.7 Å². The van der Waals surface area contributed by atoms with Gasteiger partial charge >= 0.3 is 0 Å². The Bertz CT molecular complexity index is 689. The van der Waals surface area contributed by atoms with Crippen LogP contribution in [0.4, 0.5) is 5.69 Å². The standard InChI is InChI=1S/C16H17BrN2O4/c1-18-9-12-7-14(17)16(15(8-12)22-2)23-10-11-3-5-13(6-4-11)19(20)21/h3-8,18H,9-10H2,1-2H3. The molecule has 2 rings (SSSR count). The van der Waals surface area contributed by atoms with E-state index in [2.05, 4.69) is 21.2 Å². The summed E-state index contributed by atoms with van der Waals surface area (Å²) in [5, 5.41) is 13.7. The van der Waals surface area contributed by atoms with Crippen LogP contribution in [-0.4, -0.2) is 19.1 Å². The van der Waals surface area contributed by atoms with Crippen LogP contribution in [-0.2, 0) is 13.2 Å². The molecule has 0 aromatic heterocycles. The largest absolute Gasteiger partial charge is 0.493 e. The van der Waals surface area contributed by atoms with Crippen LogP contribution in [0, 0.1) is 10.1 Å². The van der Waals surface area contributed by atoms with Gasteiger partial charge in [0.1, 0.15) is 6.61 Å². The van der Waals surface area contributed by atoms with Crippen molar-refractivity contribution in [1.82, 2.24) is 5.32 Å². The van der Waals surface area contributed by atoms with E-state index in [-0.39, 0.29) is 5.69 Å². The molecule has 0 atom stereocenters. The normalized spacial score (nSPS) is 10.4. The third-order valence-corrected chi connectivity index (χ3v) is 3.79. The van der Waals surface area contributed by atoms with Crippen molar-refractivity contribution in [3.8, 4) is 11.5 Å². The summed E-state index contributed by atoms with van der Waals surface area (Å²) in [4.78, 5) is 10.2. The topological polar surface area (TPSA) is 73.6 Å². The zero-order valence-electron chi connectivity index (χ0n) is 12.8. The molecule has 0 amide bonds. The number of non-ortho nitro benzene ring substituents is 1. The number of ether oxygens (including phenoxy) is 2. The molecule has 0 heterocycles. The number of hydrogen-bond acceptors (Lipinski definition) is 5. The van der Waals surface area contributed by atoms with Crippen LogP contribution >= 0.6 is 15.9 Å². The first-order valence-electron chi connectivity index (χ1n) is 6.92. The summed E-state index contributed by atoms with van der Waals surface area (Å²) in [6.07, 6.45) is 0. The molecule has 0 aliphatic carbocycles. The van der Waals surface area contributed by atoms with Crippen LogP contribution in [0.1, 0.15) is 11.1 Å². The second kappa shape index (κ2) is 7.94. The molecule has 1 N–H and O–H groups in total. The Hall–Kier alpha value is -2.12. The van der Waals surface area contributed by atoms with Crippen LogP contribution in [0.3, 0.4) is 0 Å². The van der Waals surface area contributed by atoms with E-state index in [4.69, 9.17) is 9.47 Å². The molecule has 7 heteroatoms. The number of nitro benzene ring substituents is 1. The third-order valence-electron chi connectivity index (χ3n) is 3.20. The maximum Gasteiger partial charge on any atom is 0.269 e. The Kier molecular flexibility index (Phi) is 5.95. The zero-order valence-corrected chi connectivity index (χ0v) is 14.4. The van der Waals surface area contributed by atoms with Crippen molar-refractivity contribution in [2.45, 2.75) is 13.2 Å². The minimum Gasteiger partial charge on any atom is -0.493 e. The summed E-state index contributed by atoms with van der Waals surface area (Å²) in [5.41, 5.74) is 1.96. The number of nitro groups is 1. The van der Waals surface area contributed by atoms with E-state index >= 15 is 0 Å². The van der Waals surface area contributed by atoms with Crippen molar-refractivity contribution in [2.24, 2.45) is 0 Å². The van der Waals surface area contributed by atoms with Crippen LogP contribution in [0.5, 0.6) is 11.5 Å². The highest BCUT2D eigenvalue weighted by molar-refractivity contribution is 9.10. The Balaban J connectivity index is 2.14. The molecule has 6 nitrogen and oxygen atoms in total. The van der Waals surface area contributed by atoms with Gasteiger partial charge in [-0.15, -0.1) is 0 Å². The molecular formula is C16H17BrN2O4. The summed E-state index contributed by atoms with van der Waals surface area (Å²) < 4.78 is 12.0. The second-order valence-electron chi connectivity index (χ2n) is 4.85. The molecule has 0 spiro atoms. The van der Waals surface area contributed by atoms with Crippen molar-refractivity contribution in [3.63, 3.8) is 0 Å². The number of nitrogens with one attached hydrogen (secondary N) is 1. The molecule has 0 bridgehead atoms. The highest BCUT2D eigenvalue weighted by Crippen LogP contribution is 2.37. The van der Waals surface area contributed by atoms with E-state index in [1.165, 1.54) is 12.1 Å². The predicted molar refractivity (Wildman–Crippen MR) is 90.9 cm³/mol. The van der Waals surface area contributed by atoms with Gasteiger partial charge in [-0.2, -0.15) is 0 Å². The molecule has 0 aliphatic heterocycles. The van der Waals surface area contributed by atoms with E-state index in [9.17, 15) is 10.1 Å². The molecule has 0 unspecified atom stereocenters. The summed E-state index contributed by atoms with van der Waals surface area (Å²) in [6, 6.07) is 10.1. The molecule has 0 saturated carbocycles. The van der Waals surface area contributed by atoms with Gasteiger partial charge in [0.05, 0.1) is 16.5 Å². The lowest BCUT2D eigenvalue weighted by Gasteiger charge is -2.14. The fourth-order valence-electron chi connectivity index (χ4n) is 2.09. The Morgan fingerprint density at radius 3 is 2.48 bits per heavy atom. The number of halogens is 1. The number of hydrogen-bond donors (Lipinski definition) is 1. The first-order valence-corrected chi connectivity index (χ1v) is 7.71. The second-order valence-corrected chi connectivity index (χ2v) is 5.71. The zero-order chi connectivity index (χ0) is 16.8. The van der Waals surface area contributed by atoms with Crippen molar-refractivity contribution in [2.75, 3.05) is 14.2 Å². The molecule has 122 valence electrons. The van der Waals surface area contributed by atoms with Crippen LogP contribution in [0.2, 0.25) is 0 Å². The summed E-state index contributed by atoms with van der Waals surface area (Å²) in [6.45, 7) is 1.01. The van der Waals surface area contributed by atoms with Crippen molar-refractivity contribution >= 4 is 21.6 Å². The number of benzene rings is 2. The van der Waals surface area contributed by atoms with E-state index < -0.39 is 4.92 Å². The average Bonchev–Trinajstić information content (AvgIpc) is 2.54. The maximum absolute atomic E-state index is 10.7. The molecule has 0 fully saturated rings. The van der Waals surface area contributed by atoms with E-state index in [1.807, 2.05) is 19.2 Å². The van der Waals surface area contributed by atoms with Gasteiger partial charge in [0.2, 0.25) is 0 Å². The molecule has 0 saturated heterocycles. The van der Waals surface area contributed by atoms with Gasteiger partial charge in [-0.25, -0.2) is 0 Å². The van der Waals surface area contributed by atoms with Gasteiger partial charge in [0.15, 0.2) is 11.5 Å². The Morgan fingerprint density at radius 1 is 1.22 bits per heavy atom. The van der Waals surface area contributed by atoms with Crippen molar-refractivity contribution in [1.29, 1.82) is 0 Å². The van der Waals surface area contributed by atoms with Gasteiger partial charge in [0.25, 0.3) is 5.69 Å². The lowest BCUT2D eigenvalue weighted by molar-refractivity contribution is -0.384. The Morgan fingerprint density at radius 2 is 1.91 bits per heavy atom. The molecular weight excluding hydrogens is 364 g/mol. The van der Waals surface area contributed by atoms with Crippen LogP contribution in [0.15, 0.2) is 40.9 Å². The third kappa shape index (κ3) is 4.43. The van der Waals surface area contributed by atoms with Crippen LogP contribution < -0.4 is 14.8 Å². The summed E-state index contributed by atoms with van der Waals surface area (Å²) >= 11 is 3.49. The van der Waals surface area contributed by atoms with E-state index in [0.717, 1.165) is 22.1 Å².